The van der Waals surface area contributed by atoms with Gasteiger partial charge in [-0.2, -0.15) is 10.3 Å². The lowest BCUT2D eigenvalue weighted by Crippen LogP contribution is -3.00. The second-order valence-electron chi connectivity index (χ2n) is 9.35. The van der Waals surface area contributed by atoms with Crippen LogP contribution < -0.4 is 15.5 Å². The van der Waals surface area contributed by atoms with Gasteiger partial charge in [-0.15, -0.1) is 0 Å². The van der Waals surface area contributed by atoms with Crippen LogP contribution in [-0.2, 0) is 19.4 Å². The van der Waals surface area contributed by atoms with Gasteiger partial charge in [0.25, 0.3) is 5.91 Å². The number of hydrogen-bond donors (Lipinski definition) is 3. The van der Waals surface area contributed by atoms with Crippen LogP contribution >= 0.6 is 0 Å². The van der Waals surface area contributed by atoms with Crippen LogP contribution in [0.25, 0.3) is 11.3 Å². The minimum atomic E-state index is -1.21. The van der Waals surface area contributed by atoms with E-state index in [9.17, 15) is 20.0 Å². The van der Waals surface area contributed by atoms with Crippen LogP contribution in [0.1, 0.15) is 39.6 Å². The van der Waals surface area contributed by atoms with Gasteiger partial charge < -0.3 is 19.4 Å². The lowest BCUT2D eigenvalue weighted by Gasteiger charge is -2.42. The monoisotopic (exact) mass is 463 g/mol. The number of quaternary nitrogens is 1. The van der Waals surface area contributed by atoms with Gasteiger partial charge in [-0.05, 0) is 55.0 Å². The average Bonchev–Trinajstić information content (AvgIpc) is 3.28. The molecule has 1 fully saturated rings. The summed E-state index contributed by atoms with van der Waals surface area (Å²) < 4.78 is 6.93. The van der Waals surface area contributed by atoms with E-state index < -0.39 is 10.8 Å². The number of methoxy groups -OCH3 is 1. The van der Waals surface area contributed by atoms with Crippen LogP contribution in [0.3, 0.4) is 0 Å². The highest BCUT2D eigenvalue weighted by Gasteiger charge is 2.38. The van der Waals surface area contributed by atoms with Crippen molar-refractivity contribution in [3.63, 3.8) is 0 Å². The fraction of sp³-hybridized carbons (Fsp3) is 0.375. The molecule has 3 aliphatic rings. The lowest BCUT2D eigenvalue weighted by molar-refractivity contribution is -0.992. The van der Waals surface area contributed by atoms with E-state index in [0.29, 0.717) is 25.3 Å². The summed E-state index contributed by atoms with van der Waals surface area (Å²) in [5.41, 5.74) is 4.62. The SMILES string of the molecule is COc1ccc2c(c1)CCc1c-2n[nH]c1C(=O)N1CC2CC(C1)c1ccc([NH+]([O-])O)c(=O)n1C2. The average molecular weight is 463 g/mol. The molecule has 0 radical (unpaired) electrons. The minimum Gasteiger partial charge on any atom is -0.595 e. The van der Waals surface area contributed by atoms with Gasteiger partial charge in [-0.3, -0.25) is 14.7 Å². The molecule has 3 aromatic rings. The van der Waals surface area contributed by atoms with Gasteiger partial charge in [-0.25, -0.2) is 5.21 Å². The molecular formula is C24H25N5O5. The normalized spacial score (nSPS) is 21.3. The number of aromatic amines is 1. The number of H-pyrrole nitrogens is 1. The molecule has 0 spiro atoms. The van der Waals surface area contributed by atoms with E-state index in [-0.39, 0.29) is 23.4 Å². The number of nitrogens with one attached hydrogen (secondary N) is 2. The quantitative estimate of drug-likeness (QED) is 0.498. The van der Waals surface area contributed by atoms with Crippen molar-refractivity contribution in [2.75, 3.05) is 20.2 Å². The van der Waals surface area contributed by atoms with E-state index in [4.69, 9.17) is 4.74 Å². The first-order chi connectivity index (χ1) is 16.4. The van der Waals surface area contributed by atoms with Crippen molar-refractivity contribution >= 4 is 11.6 Å². The molecule has 176 valence electrons. The van der Waals surface area contributed by atoms with E-state index >= 15 is 0 Å². The zero-order valence-electron chi connectivity index (χ0n) is 18.7. The summed E-state index contributed by atoms with van der Waals surface area (Å²) in [6, 6.07) is 9.03. The summed E-state index contributed by atoms with van der Waals surface area (Å²) in [5.74, 6) is 0.838. The van der Waals surface area contributed by atoms with Crippen molar-refractivity contribution in [1.82, 2.24) is 19.7 Å². The maximum atomic E-state index is 13.6. The second-order valence-corrected chi connectivity index (χ2v) is 9.35. The molecule has 3 atom stereocenters. The molecule has 1 aromatic carbocycles. The van der Waals surface area contributed by atoms with Gasteiger partial charge in [-0.1, -0.05) is 0 Å². The van der Waals surface area contributed by atoms with Crippen LogP contribution in [0.2, 0.25) is 0 Å². The Morgan fingerprint density at radius 2 is 2.09 bits per heavy atom. The number of rotatable bonds is 3. The summed E-state index contributed by atoms with van der Waals surface area (Å²) in [6.45, 7) is 1.44. The highest BCUT2D eigenvalue weighted by atomic mass is 16.8. The molecule has 34 heavy (non-hydrogen) atoms. The summed E-state index contributed by atoms with van der Waals surface area (Å²) in [7, 11) is 1.65. The van der Waals surface area contributed by atoms with Gasteiger partial charge in [0.2, 0.25) is 5.69 Å². The standard InChI is InChI=1S/C24H25N5O5/c1-34-16-3-5-17-14(9-16)2-4-18-21(17)25-26-22(18)24(31)27-10-13-8-15(12-27)19-6-7-20(29(32)33)23(30)28(19)11-13/h3,5-7,9,13,15,29,32H,2,4,8,10-12H2,1H3,(H,25,26). The van der Waals surface area contributed by atoms with Crippen molar-refractivity contribution in [2.45, 2.75) is 31.7 Å². The number of aromatic nitrogens is 3. The molecule has 2 bridgehead atoms. The first-order valence-electron chi connectivity index (χ1n) is 11.5. The van der Waals surface area contributed by atoms with Crippen LogP contribution in [0, 0.1) is 11.1 Å². The number of hydrogen-bond acceptors (Lipinski definition) is 6. The fourth-order valence-corrected chi connectivity index (χ4v) is 5.84. The smallest absolute Gasteiger partial charge is 0.315 e. The van der Waals surface area contributed by atoms with Crippen molar-refractivity contribution in [1.29, 1.82) is 0 Å². The Bertz CT molecular complexity index is 1360. The van der Waals surface area contributed by atoms with Crippen LogP contribution in [0.15, 0.2) is 35.1 Å². The number of nitrogens with zero attached hydrogens (tertiary/aromatic N) is 3. The number of fused-ring (bicyclic) bond motifs is 7. The van der Waals surface area contributed by atoms with Crippen LogP contribution in [0.4, 0.5) is 5.69 Å². The van der Waals surface area contributed by atoms with E-state index in [1.807, 2.05) is 23.1 Å². The Morgan fingerprint density at radius 1 is 1.24 bits per heavy atom. The fourth-order valence-electron chi connectivity index (χ4n) is 5.84. The molecule has 0 saturated carbocycles. The number of pyridine rings is 1. The van der Waals surface area contributed by atoms with Crippen molar-refractivity contribution in [2.24, 2.45) is 5.92 Å². The third-order valence-corrected chi connectivity index (χ3v) is 7.41. The maximum Gasteiger partial charge on any atom is 0.315 e. The van der Waals surface area contributed by atoms with E-state index in [0.717, 1.165) is 53.1 Å². The molecule has 10 nitrogen and oxygen atoms in total. The summed E-state index contributed by atoms with van der Waals surface area (Å²) in [4.78, 5) is 28.1. The topological polar surface area (TPSA) is 128 Å². The molecule has 6 rings (SSSR count). The zero-order chi connectivity index (χ0) is 23.6. The Balaban J connectivity index is 1.29. The molecule has 2 aromatic heterocycles. The van der Waals surface area contributed by atoms with Crippen molar-refractivity contribution < 1.29 is 20.0 Å². The van der Waals surface area contributed by atoms with Gasteiger partial charge in [0.1, 0.15) is 11.4 Å². The number of amides is 1. The molecule has 10 heteroatoms. The Kier molecular flexibility index (Phi) is 4.83. The van der Waals surface area contributed by atoms with Crippen LogP contribution in [0.5, 0.6) is 5.75 Å². The first-order valence-corrected chi connectivity index (χ1v) is 11.5. The minimum absolute atomic E-state index is 0.000988. The maximum absolute atomic E-state index is 13.6. The zero-order valence-corrected chi connectivity index (χ0v) is 18.7. The number of aryl methyl sites for hydroxylation is 1. The molecule has 1 saturated heterocycles. The third-order valence-electron chi connectivity index (χ3n) is 7.41. The summed E-state index contributed by atoms with van der Waals surface area (Å²) >= 11 is 0. The van der Waals surface area contributed by atoms with E-state index in [1.54, 1.807) is 17.7 Å². The molecule has 2 aliphatic heterocycles. The predicted molar refractivity (Wildman–Crippen MR) is 121 cm³/mol. The van der Waals surface area contributed by atoms with Gasteiger partial charge in [0, 0.05) is 48.4 Å². The predicted octanol–water partition coefficient (Wildman–Crippen LogP) is 1.01. The molecule has 3 N–H and O–H groups in total. The van der Waals surface area contributed by atoms with E-state index in [1.165, 1.54) is 6.07 Å². The molecule has 1 amide bonds. The number of piperidine rings is 1. The van der Waals surface area contributed by atoms with Crippen molar-refractivity contribution in [3.8, 4) is 17.0 Å². The Hall–Kier alpha value is -3.47. The van der Waals surface area contributed by atoms with Gasteiger partial charge in [0.05, 0.1) is 12.8 Å². The van der Waals surface area contributed by atoms with E-state index in [2.05, 4.69) is 10.2 Å². The summed E-state index contributed by atoms with van der Waals surface area (Å²) in [5, 5.41) is 27.0. The lowest BCUT2D eigenvalue weighted by atomic mass is 9.82. The Morgan fingerprint density at radius 3 is 2.88 bits per heavy atom. The molecule has 1 aliphatic carbocycles. The number of likely N-dealkylation sites (tertiary alicyclic amines) is 1. The number of carbonyl (C=O) groups is 1. The largest absolute Gasteiger partial charge is 0.595 e. The highest BCUT2D eigenvalue weighted by molar-refractivity contribution is 5.96. The first kappa shape index (κ1) is 21.1. The number of carbonyl (C=O) groups excluding carboxylic acids is 1. The van der Waals surface area contributed by atoms with Crippen LogP contribution in [-0.4, -0.2) is 51.0 Å². The third kappa shape index (κ3) is 3.17. The number of benzene rings is 1. The van der Waals surface area contributed by atoms with Crippen molar-refractivity contribution in [3.05, 3.63) is 68.4 Å². The Labute approximate surface area is 194 Å². The number of ether oxygens (including phenoxy) is 1. The second kappa shape index (κ2) is 7.79. The molecular weight excluding hydrogens is 438 g/mol. The molecule has 3 unspecified atom stereocenters. The summed E-state index contributed by atoms with van der Waals surface area (Å²) in [6.07, 6.45) is 2.42. The highest BCUT2D eigenvalue weighted by Crippen LogP contribution is 2.38. The van der Waals surface area contributed by atoms with Gasteiger partial charge >= 0.3 is 5.56 Å². The van der Waals surface area contributed by atoms with Gasteiger partial charge in [0.15, 0.2) is 0 Å². The molecule has 4 heterocycles.